The first kappa shape index (κ1) is 16.0. The lowest BCUT2D eigenvalue weighted by Crippen LogP contribution is -3.00. The number of rotatable bonds is 2. The van der Waals surface area contributed by atoms with Crippen LogP contribution in [-0.2, 0) is 12.8 Å². The molecule has 2 aromatic heterocycles. The number of benzene rings is 1. The van der Waals surface area contributed by atoms with Gasteiger partial charge in [-0.2, -0.15) is 0 Å². The van der Waals surface area contributed by atoms with Crippen LogP contribution in [0.25, 0.3) is 10.2 Å². The third kappa shape index (κ3) is 2.99. The van der Waals surface area contributed by atoms with Gasteiger partial charge in [0.05, 0.1) is 5.39 Å². The van der Waals surface area contributed by atoms with E-state index in [1.54, 1.807) is 29.8 Å². The molecule has 4 rings (SSSR count). The number of aromatic hydroxyl groups is 1. The number of nitrogens with zero attached hydrogens (tertiary/aromatic N) is 2. The predicted octanol–water partition coefficient (Wildman–Crippen LogP) is 1.27. The molecule has 2 N–H and O–H groups in total. The SMILES string of the molecule is CC1CCc2c(sc3ncnc(Nc4cccc(O)c4)c23)C1.[Cl-]. The highest BCUT2D eigenvalue weighted by molar-refractivity contribution is 7.19. The van der Waals surface area contributed by atoms with Gasteiger partial charge in [-0.1, -0.05) is 13.0 Å². The molecule has 0 fully saturated rings. The van der Waals surface area contributed by atoms with E-state index in [2.05, 4.69) is 22.2 Å². The molecule has 1 atom stereocenters. The molecule has 6 heteroatoms. The molecule has 1 unspecified atom stereocenters. The van der Waals surface area contributed by atoms with Gasteiger partial charge in [-0.15, -0.1) is 11.3 Å². The third-order valence-corrected chi connectivity index (χ3v) is 5.36. The molecule has 1 aliphatic carbocycles. The normalized spacial score (nSPS) is 16.7. The van der Waals surface area contributed by atoms with Crippen molar-refractivity contribution in [2.75, 3.05) is 5.32 Å². The molecule has 1 aliphatic rings. The monoisotopic (exact) mass is 346 g/mol. The highest BCUT2D eigenvalue weighted by Crippen LogP contribution is 2.40. The minimum Gasteiger partial charge on any atom is -1.00 e. The first-order valence-electron chi connectivity index (χ1n) is 7.52. The Hall–Kier alpha value is -1.85. The lowest BCUT2D eigenvalue weighted by atomic mass is 9.89. The minimum atomic E-state index is 0. The van der Waals surface area contributed by atoms with Crippen LogP contribution in [0, 0.1) is 5.92 Å². The highest BCUT2D eigenvalue weighted by Gasteiger charge is 2.23. The Kier molecular flexibility index (Phi) is 4.41. The van der Waals surface area contributed by atoms with E-state index < -0.39 is 0 Å². The molecular weight excluding hydrogens is 330 g/mol. The molecule has 2 heterocycles. The van der Waals surface area contributed by atoms with Gasteiger partial charge >= 0.3 is 0 Å². The Morgan fingerprint density at radius 3 is 3.00 bits per heavy atom. The van der Waals surface area contributed by atoms with E-state index in [0.29, 0.717) is 0 Å². The summed E-state index contributed by atoms with van der Waals surface area (Å²) in [5, 5.41) is 14.1. The van der Waals surface area contributed by atoms with Crippen LogP contribution in [0.1, 0.15) is 23.8 Å². The van der Waals surface area contributed by atoms with Crippen molar-refractivity contribution in [3.05, 3.63) is 41.0 Å². The Labute approximate surface area is 145 Å². The number of aryl methyl sites for hydroxylation is 1. The number of hydrogen-bond donors (Lipinski definition) is 2. The van der Waals surface area contributed by atoms with Crippen LogP contribution in [0.4, 0.5) is 11.5 Å². The first-order chi connectivity index (χ1) is 10.7. The smallest absolute Gasteiger partial charge is 0.142 e. The van der Waals surface area contributed by atoms with Crippen molar-refractivity contribution in [2.45, 2.75) is 26.2 Å². The molecule has 0 bridgehead atoms. The number of hydrogen-bond acceptors (Lipinski definition) is 5. The summed E-state index contributed by atoms with van der Waals surface area (Å²) in [6, 6.07) is 7.11. The number of anilines is 2. The maximum absolute atomic E-state index is 9.61. The summed E-state index contributed by atoms with van der Waals surface area (Å²) in [6.45, 7) is 2.31. The molecule has 1 aromatic carbocycles. The summed E-state index contributed by atoms with van der Waals surface area (Å²) in [4.78, 5) is 11.4. The molecule has 0 spiro atoms. The van der Waals surface area contributed by atoms with Gasteiger partial charge in [0.25, 0.3) is 0 Å². The van der Waals surface area contributed by atoms with Crippen LogP contribution in [-0.4, -0.2) is 15.1 Å². The van der Waals surface area contributed by atoms with Crippen molar-refractivity contribution >= 4 is 33.1 Å². The van der Waals surface area contributed by atoms with E-state index in [0.717, 1.165) is 40.5 Å². The molecule has 4 nitrogen and oxygen atoms in total. The third-order valence-electron chi connectivity index (χ3n) is 4.20. The molecule has 0 radical (unpaired) electrons. The van der Waals surface area contributed by atoms with Gasteiger partial charge in [0.1, 0.15) is 22.7 Å². The molecule has 0 amide bonds. The lowest BCUT2D eigenvalue weighted by Gasteiger charge is -2.18. The minimum absolute atomic E-state index is 0. The number of thiophene rings is 1. The lowest BCUT2D eigenvalue weighted by molar-refractivity contribution is -0.00000559. The van der Waals surface area contributed by atoms with Crippen LogP contribution in [0.2, 0.25) is 0 Å². The summed E-state index contributed by atoms with van der Waals surface area (Å²) in [5.74, 6) is 1.83. The second kappa shape index (κ2) is 6.34. The van der Waals surface area contributed by atoms with Gasteiger partial charge in [0.2, 0.25) is 0 Å². The van der Waals surface area contributed by atoms with E-state index in [1.165, 1.54) is 16.9 Å². The Morgan fingerprint density at radius 1 is 1.30 bits per heavy atom. The Morgan fingerprint density at radius 2 is 2.17 bits per heavy atom. The van der Waals surface area contributed by atoms with Crippen LogP contribution in [0.3, 0.4) is 0 Å². The van der Waals surface area contributed by atoms with Gasteiger partial charge in [-0.25, -0.2) is 9.97 Å². The van der Waals surface area contributed by atoms with Crippen molar-refractivity contribution in [1.82, 2.24) is 9.97 Å². The number of nitrogens with one attached hydrogen (secondary N) is 1. The molecule has 0 saturated heterocycles. The highest BCUT2D eigenvalue weighted by atomic mass is 35.5. The average Bonchev–Trinajstić information content (AvgIpc) is 2.85. The zero-order chi connectivity index (χ0) is 15.1. The van der Waals surface area contributed by atoms with Crippen LogP contribution >= 0.6 is 11.3 Å². The van der Waals surface area contributed by atoms with Crippen molar-refractivity contribution < 1.29 is 17.5 Å². The van der Waals surface area contributed by atoms with Gasteiger partial charge in [-0.05, 0) is 42.9 Å². The van der Waals surface area contributed by atoms with Crippen molar-refractivity contribution in [2.24, 2.45) is 5.92 Å². The van der Waals surface area contributed by atoms with Gasteiger partial charge < -0.3 is 22.8 Å². The van der Waals surface area contributed by atoms with Gasteiger partial charge in [0, 0.05) is 16.6 Å². The van der Waals surface area contributed by atoms with E-state index in [9.17, 15) is 5.11 Å². The summed E-state index contributed by atoms with van der Waals surface area (Å²) >= 11 is 1.79. The van der Waals surface area contributed by atoms with E-state index in [1.807, 2.05) is 12.1 Å². The Balaban J connectivity index is 0.00000156. The molecular formula is C17H17ClN3OS-. The first-order valence-corrected chi connectivity index (χ1v) is 8.33. The zero-order valence-corrected chi connectivity index (χ0v) is 14.3. The number of phenolic OH excluding ortho intramolecular Hbond substituents is 1. The summed E-state index contributed by atoms with van der Waals surface area (Å²) in [7, 11) is 0. The molecule has 23 heavy (non-hydrogen) atoms. The number of halogens is 1. The molecule has 0 aliphatic heterocycles. The fourth-order valence-electron chi connectivity index (χ4n) is 3.09. The van der Waals surface area contributed by atoms with Gasteiger partial charge in [0.15, 0.2) is 0 Å². The van der Waals surface area contributed by atoms with Crippen LogP contribution in [0.5, 0.6) is 5.75 Å². The fraction of sp³-hybridized carbons (Fsp3) is 0.294. The van der Waals surface area contributed by atoms with Crippen molar-refractivity contribution in [3.63, 3.8) is 0 Å². The van der Waals surface area contributed by atoms with Crippen LogP contribution < -0.4 is 17.7 Å². The average molecular weight is 347 g/mol. The number of phenols is 1. The molecule has 0 saturated carbocycles. The quantitative estimate of drug-likeness (QED) is 0.733. The second-order valence-electron chi connectivity index (χ2n) is 5.93. The fourth-order valence-corrected chi connectivity index (χ4v) is 4.44. The summed E-state index contributed by atoms with van der Waals surface area (Å²) < 4.78 is 0. The maximum atomic E-state index is 9.61. The van der Waals surface area contributed by atoms with Gasteiger partial charge in [-0.3, -0.25) is 0 Å². The van der Waals surface area contributed by atoms with Crippen molar-refractivity contribution in [1.29, 1.82) is 0 Å². The standard InChI is InChI=1S/C17H17N3OS.ClH/c1-10-5-6-13-14(7-10)22-17-15(13)16(18-9-19-17)20-11-3-2-4-12(21)8-11;/h2-4,8-10,21H,5-7H2,1H3,(H,18,19,20);1H/p-1. The predicted molar refractivity (Wildman–Crippen MR) is 90.0 cm³/mol. The van der Waals surface area contributed by atoms with E-state index in [4.69, 9.17) is 0 Å². The topological polar surface area (TPSA) is 58.0 Å². The zero-order valence-electron chi connectivity index (χ0n) is 12.7. The summed E-state index contributed by atoms with van der Waals surface area (Å²) in [5.41, 5.74) is 2.24. The molecule has 3 aromatic rings. The largest absolute Gasteiger partial charge is 1.00 e. The van der Waals surface area contributed by atoms with Crippen LogP contribution in [0.15, 0.2) is 30.6 Å². The maximum Gasteiger partial charge on any atom is 0.142 e. The second-order valence-corrected chi connectivity index (χ2v) is 7.01. The van der Waals surface area contributed by atoms with E-state index >= 15 is 0 Å². The summed E-state index contributed by atoms with van der Waals surface area (Å²) in [6.07, 6.45) is 5.07. The van der Waals surface area contributed by atoms with Crippen molar-refractivity contribution in [3.8, 4) is 5.75 Å². The Bertz CT molecular complexity index is 849. The number of aromatic nitrogens is 2. The number of fused-ring (bicyclic) bond motifs is 3. The van der Waals surface area contributed by atoms with E-state index in [-0.39, 0.29) is 18.2 Å². The molecule has 120 valence electrons.